The number of hydrogen-bond donors (Lipinski definition) is 1. The lowest BCUT2D eigenvalue weighted by atomic mass is 10.2. The van der Waals surface area contributed by atoms with Gasteiger partial charge in [-0.3, -0.25) is 0 Å². The van der Waals surface area contributed by atoms with Gasteiger partial charge in [-0.1, -0.05) is 0 Å². The number of nitrogens with two attached hydrogens (primary N) is 1. The first kappa shape index (κ1) is 11.4. The predicted molar refractivity (Wildman–Crippen MR) is 62.2 cm³/mol. The number of nitrogens with zero attached hydrogens (tertiary/aromatic N) is 4. The predicted octanol–water partition coefficient (Wildman–Crippen LogP) is 0.709. The quantitative estimate of drug-likeness (QED) is 0.837. The highest BCUT2D eigenvalue weighted by Gasteiger charge is 2.07. The van der Waals surface area contributed by atoms with E-state index >= 15 is 0 Å². The zero-order chi connectivity index (χ0) is 12.3. The van der Waals surface area contributed by atoms with E-state index in [2.05, 4.69) is 19.9 Å². The third kappa shape index (κ3) is 2.36. The number of aromatic nitrogens is 4. The van der Waals surface area contributed by atoms with Crippen LogP contribution in [0.5, 0.6) is 5.88 Å². The van der Waals surface area contributed by atoms with Crippen molar-refractivity contribution < 1.29 is 4.74 Å². The molecule has 17 heavy (non-hydrogen) atoms. The largest absolute Gasteiger partial charge is 0.481 e. The Morgan fingerprint density at radius 3 is 2.82 bits per heavy atom. The summed E-state index contributed by atoms with van der Waals surface area (Å²) in [6, 6.07) is 1.69. The Morgan fingerprint density at radius 1 is 1.29 bits per heavy atom. The number of rotatable bonds is 3. The average Bonchev–Trinajstić information content (AvgIpc) is 2.39. The first-order valence-electron chi connectivity index (χ1n) is 5.13. The van der Waals surface area contributed by atoms with E-state index < -0.39 is 0 Å². The highest BCUT2D eigenvalue weighted by atomic mass is 16.5. The van der Waals surface area contributed by atoms with E-state index in [9.17, 15) is 0 Å². The fourth-order valence-corrected chi connectivity index (χ4v) is 1.38. The standard InChI is InChI=1S/C11H13N5O/c1-7-5-13-11(16-9(7)4-12)8-3-10(17-2)15-6-14-8/h3,5-6H,4,12H2,1-2H3. The summed E-state index contributed by atoms with van der Waals surface area (Å²) in [4.78, 5) is 16.6. The van der Waals surface area contributed by atoms with Gasteiger partial charge in [0, 0.05) is 18.8 Å². The summed E-state index contributed by atoms with van der Waals surface area (Å²) in [5, 5.41) is 0. The first-order chi connectivity index (χ1) is 8.24. The minimum atomic E-state index is 0.379. The van der Waals surface area contributed by atoms with Gasteiger partial charge in [0.05, 0.1) is 12.8 Å². The number of ether oxygens (including phenoxy) is 1. The lowest BCUT2D eigenvalue weighted by molar-refractivity contribution is 0.397. The zero-order valence-corrected chi connectivity index (χ0v) is 9.71. The van der Waals surface area contributed by atoms with E-state index in [-0.39, 0.29) is 0 Å². The second-order valence-corrected chi connectivity index (χ2v) is 3.47. The van der Waals surface area contributed by atoms with Crippen LogP contribution in [0, 0.1) is 6.92 Å². The van der Waals surface area contributed by atoms with Gasteiger partial charge < -0.3 is 10.5 Å². The van der Waals surface area contributed by atoms with Crippen molar-refractivity contribution in [2.24, 2.45) is 5.73 Å². The van der Waals surface area contributed by atoms with Crippen LogP contribution in [-0.4, -0.2) is 27.0 Å². The molecule has 0 aliphatic carbocycles. The molecule has 6 heteroatoms. The van der Waals surface area contributed by atoms with Crippen molar-refractivity contribution in [2.75, 3.05) is 7.11 Å². The van der Waals surface area contributed by atoms with Gasteiger partial charge in [-0.2, -0.15) is 0 Å². The van der Waals surface area contributed by atoms with E-state index in [1.54, 1.807) is 19.4 Å². The van der Waals surface area contributed by atoms with E-state index in [0.717, 1.165) is 11.3 Å². The van der Waals surface area contributed by atoms with Crippen LogP contribution in [0.25, 0.3) is 11.5 Å². The van der Waals surface area contributed by atoms with Crippen molar-refractivity contribution in [3.63, 3.8) is 0 Å². The van der Waals surface area contributed by atoms with Gasteiger partial charge in [0.2, 0.25) is 5.88 Å². The molecule has 0 aromatic carbocycles. The second-order valence-electron chi connectivity index (χ2n) is 3.47. The molecule has 2 aromatic rings. The van der Waals surface area contributed by atoms with Crippen LogP contribution in [0.4, 0.5) is 0 Å². The van der Waals surface area contributed by atoms with Gasteiger partial charge in [-0.05, 0) is 12.5 Å². The van der Waals surface area contributed by atoms with Crippen LogP contribution in [0.3, 0.4) is 0 Å². The third-order valence-electron chi connectivity index (χ3n) is 2.35. The molecule has 2 rings (SSSR count). The molecule has 88 valence electrons. The molecule has 2 aromatic heterocycles. The molecule has 0 saturated carbocycles. The summed E-state index contributed by atoms with van der Waals surface area (Å²) in [6.45, 7) is 2.30. The molecule has 0 saturated heterocycles. The Kier molecular flexibility index (Phi) is 3.24. The van der Waals surface area contributed by atoms with Crippen molar-refractivity contribution in [1.82, 2.24) is 19.9 Å². The number of hydrogen-bond acceptors (Lipinski definition) is 6. The summed E-state index contributed by atoms with van der Waals surface area (Å²) >= 11 is 0. The normalized spacial score (nSPS) is 10.3. The molecule has 0 bridgehead atoms. The van der Waals surface area contributed by atoms with E-state index in [1.807, 2.05) is 6.92 Å². The fourth-order valence-electron chi connectivity index (χ4n) is 1.38. The molecule has 2 heterocycles. The van der Waals surface area contributed by atoms with Crippen LogP contribution in [0.15, 0.2) is 18.6 Å². The van der Waals surface area contributed by atoms with Crippen LogP contribution in [0.2, 0.25) is 0 Å². The second kappa shape index (κ2) is 4.84. The highest BCUT2D eigenvalue weighted by molar-refractivity contribution is 5.50. The van der Waals surface area contributed by atoms with Crippen LogP contribution >= 0.6 is 0 Å². The molecule has 0 fully saturated rings. The Labute approximate surface area is 98.9 Å². The van der Waals surface area contributed by atoms with Gasteiger partial charge in [0.1, 0.15) is 12.0 Å². The summed E-state index contributed by atoms with van der Waals surface area (Å²) in [7, 11) is 1.55. The number of aryl methyl sites for hydroxylation is 1. The van der Waals surface area contributed by atoms with Gasteiger partial charge in [-0.25, -0.2) is 19.9 Å². The van der Waals surface area contributed by atoms with Gasteiger partial charge in [0.25, 0.3) is 0 Å². The summed E-state index contributed by atoms with van der Waals surface area (Å²) in [5.41, 5.74) is 8.01. The highest BCUT2D eigenvalue weighted by Crippen LogP contribution is 2.16. The number of methoxy groups -OCH3 is 1. The van der Waals surface area contributed by atoms with E-state index in [1.165, 1.54) is 6.33 Å². The van der Waals surface area contributed by atoms with Crippen molar-refractivity contribution in [3.05, 3.63) is 29.8 Å². The Balaban J connectivity index is 2.45. The topological polar surface area (TPSA) is 86.8 Å². The van der Waals surface area contributed by atoms with Crippen molar-refractivity contribution in [2.45, 2.75) is 13.5 Å². The monoisotopic (exact) mass is 231 g/mol. The Hall–Kier alpha value is -2.08. The van der Waals surface area contributed by atoms with Crippen molar-refractivity contribution >= 4 is 0 Å². The van der Waals surface area contributed by atoms with Gasteiger partial charge in [-0.15, -0.1) is 0 Å². The minimum Gasteiger partial charge on any atom is -0.481 e. The maximum atomic E-state index is 5.61. The molecule has 0 radical (unpaired) electrons. The van der Waals surface area contributed by atoms with Gasteiger partial charge >= 0.3 is 0 Å². The maximum Gasteiger partial charge on any atom is 0.216 e. The Bertz CT molecular complexity index is 529. The van der Waals surface area contributed by atoms with Crippen molar-refractivity contribution in [3.8, 4) is 17.4 Å². The van der Waals surface area contributed by atoms with Crippen LogP contribution in [0.1, 0.15) is 11.3 Å². The van der Waals surface area contributed by atoms with Crippen molar-refractivity contribution in [1.29, 1.82) is 0 Å². The summed E-state index contributed by atoms with van der Waals surface area (Å²) < 4.78 is 5.03. The third-order valence-corrected chi connectivity index (χ3v) is 2.35. The molecule has 0 atom stereocenters. The summed E-state index contributed by atoms with van der Waals surface area (Å²) in [5.74, 6) is 1.00. The average molecular weight is 231 g/mol. The first-order valence-corrected chi connectivity index (χ1v) is 5.13. The smallest absolute Gasteiger partial charge is 0.216 e. The molecule has 0 aliphatic heterocycles. The maximum absolute atomic E-state index is 5.61. The lowest BCUT2D eigenvalue weighted by Gasteiger charge is -2.05. The fraction of sp³-hybridized carbons (Fsp3) is 0.273. The zero-order valence-electron chi connectivity index (χ0n) is 9.71. The molecule has 0 aliphatic rings. The molecular formula is C11H13N5O. The lowest BCUT2D eigenvalue weighted by Crippen LogP contribution is -2.05. The molecule has 0 unspecified atom stereocenters. The molecule has 6 nitrogen and oxygen atoms in total. The SMILES string of the molecule is COc1cc(-c2ncc(C)c(CN)n2)ncn1. The molecule has 0 amide bonds. The minimum absolute atomic E-state index is 0.379. The van der Waals surface area contributed by atoms with Crippen LogP contribution in [-0.2, 0) is 6.54 Å². The summed E-state index contributed by atoms with van der Waals surface area (Å²) in [6.07, 6.45) is 3.15. The Morgan fingerprint density at radius 2 is 2.12 bits per heavy atom. The van der Waals surface area contributed by atoms with E-state index in [0.29, 0.717) is 23.9 Å². The van der Waals surface area contributed by atoms with Gasteiger partial charge in [0.15, 0.2) is 5.82 Å². The molecular weight excluding hydrogens is 218 g/mol. The molecule has 0 spiro atoms. The van der Waals surface area contributed by atoms with Crippen LogP contribution < -0.4 is 10.5 Å². The van der Waals surface area contributed by atoms with E-state index in [4.69, 9.17) is 10.5 Å². The molecule has 2 N–H and O–H groups in total.